The summed E-state index contributed by atoms with van der Waals surface area (Å²) in [5, 5.41) is 12.6. The Balaban J connectivity index is 1.82. The largest absolute Gasteiger partial charge is 0.326 e. The molecule has 0 aromatic carbocycles. The van der Waals surface area contributed by atoms with Crippen molar-refractivity contribution in [1.82, 2.24) is 20.4 Å². The van der Waals surface area contributed by atoms with Gasteiger partial charge in [-0.2, -0.15) is 4.98 Å². The third kappa shape index (κ3) is 3.54. The number of hydrogen-bond donors (Lipinski definition) is 2. The minimum absolute atomic E-state index is 0.398. The highest BCUT2D eigenvalue weighted by atomic mass is 32.1. The predicted molar refractivity (Wildman–Crippen MR) is 110 cm³/mol. The van der Waals surface area contributed by atoms with Crippen LogP contribution in [0.1, 0.15) is 33.8 Å². The number of nitrogens with zero attached hydrogens (tertiary/aromatic N) is 3. The van der Waals surface area contributed by atoms with Gasteiger partial charge in [-0.1, -0.05) is 11.2 Å². The van der Waals surface area contributed by atoms with E-state index in [4.69, 9.17) is 15.9 Å². The number of rotatable bonds is 5. The Morgan fingerprint density at radius 1 is 1.37 bits per heavy atom. The van der Waals surface area contributed by atoms with Crippen molar-refractivity contribution in [2.45, 2.75) is 33.2 Å². The summed E-state index contributed by atoms with van der Waals surface area (Å²) < 4.78 is 5.26. The minimum atomic E-state index is 0.398. The Bertz CT molecular complexity index is 1040. The molecule has 3 aromatic rings. The second-order valence-electron chi connectivity index (χ2n) is 6.12. The first-order valence-corrected chi connectivity index (χ1v) is 10.3. The van der Waals surface area contributed by atoms with E-state index in [1.807, 2.05) is 13.0 Å². The van der Waals surface area contributed by atoms with E-state index in [9.17, 15) is 0 Å². The Morgan fingerprint density at radius 3 is 3.00 bits per heavy atom. The van der Waals surface area contributed by atoms with Gasteiger partial charge in [-0.15, -0.1) is 35.0 Å². The zero-order chi connectivity index (χ0) is 18.8. The highest BCUT2D eigenvalue weighted by Crippen LogP contribution is 2.45. The molecule has 3 aromatic heterocycles. The summed E-state index contributed by atoms with van der Waals surface area (Å²) in [5.74, 6) is 3.31. The molecule has 4 heterocycles. The molecule has 0 spiro atoms. The number of thiazole rings is 1. The summed E-state index contributed by atoms with van der Waals surface area (Å²) in [6.07, 6.45) is 11.1. The van der Waals surface area contributed by atoms with Gasteiger partial charge in [-0.3, -0.25) is 5.32 Å². The fourth-order valence-corrected chi connectivity index (χ4v) is 5.47. The molecule has 1 aliphatic heterocycles. The first kappa shape index (κ1) is 17.9. The fraction of sp³-hybridized carbons (Fsp3) is 0.316. The minimum Gasteiger partial charge on any atom is -0.315 e. The van der Waals surface area contributed by atoms with Gasteiger partial charge in [-0.25, -0.2) is 4.98 Å². The van der Waals surface area contributed by atoms with Crippen molar-refractivity contribution in [2.24, 2.45) is 0 Å². The van der Waals surface area contributed by atoms with Crippen molar-refractivity contribution in [3.63, 3.8) is 0 Å². The van der Waals surface area contributed by atoms with Crippen LogP contribution in [0, 0.1) is 19.3 Å². The van der Waals surface area contributed by atoms with E-state index in [0.717, 1.165) is 45.7 Å². The van der Waals surface area contributed by atoms with Crippen LogP contribution in [-0.2, 0) is 19.4 Å². The highest BCUT2D eigenvalue weighted by molar-refractivity contribution is 7.19. The lowest BCUT2D eigenvalue weighted by Gasteiger charge is -2.13. The van der Waals surface area contributed by atoms with Gasteiger partial charge in [0.15, 0.2) is 5.82 Å². The maximum atomic E-state index is 5.54. The number of fused-ring (bicyclic) bond motifs is 1. The molecule has 0 saturated heterocycles. The molecular formula is C19H19N5OS2. The van der Waals surface area contributed by atoms with Crippen LogP contribution >= 0.6 is 22.7 Å². The molecule has 0 unspecified atom stereocenters. The molecule has 0 bridgehead atoms. The molecule has 0 amide bonds. The summed E-state index contributed by atoms with van der Waals surface area (Å²) in [5.41, 5.74) is 3.42. The molecule has 138 valence electrons. The summed E-state index contributed by atoms with van der Waals surface area (Å²) in [6, 6.07) is 0.398. The topological polar surface area (TPSA) is 75.9 Å². The molecule has 6 nitrogen and oxygen atoms in total. The molecule has 1 aliphatic rings. The van der Waals surface area contributed by atoms with E-state index in [1.54, 1.807) is 29.6 Å². The first-order valence-electron chi connectivity index (χ1n) is 8.68. The number of hydrogen-bond acceptors (Lipinski definition) is 8. The predicted octanol–water partition coefficient (Wildman–Crippen LogP) is 4.16. The maximum Gasteiger partial charge on any atom is 0.326 e. The van der Waals surface area contributed by atoms with Gasteiger partial charge in [-0.05, 0) is 38.5 Å². The van der Waals surface area contributed by atoms with E-state index in [2.05, 4.69) is 32.8 Å². The zero-order valence-electron chi connectivity index (χ0n) is 15.1. The standard InChI is InChI=1S/C19H19N5OS2/c1-4-6-13-14(7-5-2)26-17(22-13)16-12-8-9-20-10-15(12)27-18(16)23-19-21-11(3)24-25-19/h1,5,7,20H,6,8-10H2,2-3H3,(H,21,23,24)/b7-5-. The molecular weight excluding hydrogens is 378 g/mol. The van der Waals surface area contributed by atoms with Crippen LogP contribution in [0.25, 0.3) is 16.6 Å². The van der Waals surface area contributed by atoms with Crippen LogP contribution in [0.4, 0.5) is 11.0 Å². The lowest BCUT2D eigenvalue weighted by molar-refractivity contribution is 0.429. The number of aryl methyl sites for hydroxylation is 1. The van der Waals surface area contributed by atoms with Gasteiger partial charge in [0.2, 0.25) is 0 Å². The average molecular weight is 398 g/mol. The normalized spacial score (nSPS) is 13.7. The van der Waals surface area contributed by atoms with E-state index in [1.165, 1.54) is 10.4 Å². The summed E-state index contributed by atoms with van der Waals surface area (Å²) in [6.45, 7) is 5.62. The van der Waals surface area contributed by atoms with Crippen molar-refractivity contribution < 1.29 is 4.52 Å². The van der Waals surface area contributed by atoms with Gasteiger partial charge in [0, 0.05) is 17.0 Å². The highest BCUT2D eigenvalue weighted by Gasteiger charge is 2.25. The Hall–Kier alpha value is -2.47. The van der Waals surface area contributed by atoms with Crippen molar-refractivity contribution in [1.29, 1.82) is 0 Å². The van der Waals surface area contributed by atoms with Crippen LogP contribution in [0.15, 0.2) is 10.6 Å². The lowest BCUT2D eigenvalue weighted by Crippen LogP contribution is -2.22. The lowest BCUT2D eigenvalue weighted by atomic mass is 10.0. The molecule has 0 saturated carbocycles. The van der Waals surface area contributed by atoms with E-state index >= 15 is 0 Å². The van der Waals surface area contributed by atoms with Crippen LogP contribution < -0.4 is 10.6 Å². The van der Waals surface area contributed by atoms with Gasteiger partial charge in [0.05, 0.1) is 17.0 Å². The van der Waals surface area contributed by atoms with E-state index < -0.39 is 0 Å². The monoisotopic (exact) mass is 397 g/mol. The van der Waals surface area contributed by atoms with E-state index in [-0.39, 0.29) is 0 Å². The summed E-state index contributed by atoms with van der Waals surface area (Å²) >= 11 is 3.38. The van der Waals surface area contributed by atoms with E-state index in [0.29, 0.717) is 18.3 Å². The first-order chi connectivity index (χ1) is 13.2. The maximum absolute atomic E-state index is 5.54. The summed E-state index contributed by atoms with van der Waals surface area (Å²) in [7, 11) is 0. The van der Waals surface area contributed by atoms with Gasteiger partial charge < -0.3 is 9.84 Å². The van der Waals surface area contributed by atoms with Crippen molar-refractivity contribution >= 4 is 39.8 Å². The SMILES string of the molecule is C#CCc1nc(-c2c(Nc3nc(C)no3)sc3c2CCNC3)sc1/C=C\C. The number of aromatic nitrogens is 3. The second-order valence-corrected chi connectivity index (χ2v) is 8.25. The number of terminal acetylenes is 1. The third-order valence-corrected chi connectivity index (χ3v) is 6.43. The smallest absolute Gasteiger partial charge is 0.315 e. The van der Waals surface area contributed by atoms with Crippen molar-refractivity contribution in [2.75, 3.05) is 11.9 Å². The number of allylic oxidation sites excluding steroid dienone is 1. The van der Waals surface area contributed by atoms with Crippen LogP contribution in [0.3, 0.4) is 0 Å². The molecule has 0 fully saturated rings. The molecule has 0 atom stereocenters. The van der Waals surface area contributed by atoms with Gasteiger partial charge >= 0.3 is 6.01 Å². The molecule has 27 heavy (non-hydrogen) atoms. The number of nitrogens with one attached hydrogen (secondary N) is 2. The fourth-order valence-electron chi connectivity index (χ4n) is 3.07. The molecule has 8 heteroatoms. The summed E-state index contributed by atoms with van der Waals surface area (Å²) in [4.78, 5) is 11.6. The zero-order valence-corrected chi connectivity index (χ0v) is 16.8. The Morgan fingerprint density at radius 2 is 2.26 bits per heavy atom. The van der Waals surface area contributed by atoms with Crippen LogP contribution in [0.5, 0.6) is 0 Å². The van der Waals surface area contributed by atoms with Crippen LogP contribution in [0.2, 0.25) is 0 Å². The molecule has 2 N–H and O–H groups in total. The van der Waals surface area contributed by atoms with Gasteiger partial charge in [0.1, 0.15) is 10.0 Å². The van der Waals surface area contributed by atoms with Gasteiger partial charge in [0.25, 0.3) is 0 Å². The Labute approximate surface area is 165 Å². The van der Waals surface area contributed by atoms with Crippen molar-refractivity contribution in [3.05, 3.63) is 32.9 Å². The molecule has 0 aliphatic carbocycles. The molecule has 0 radical (unpaired) electrons. The Kier molecular flexibility index (Phi) is 5.07. The number of anilines is 2. The quantitative estimate of drug-likeness (QED) is 0.630. The van der Waals surface area contributed by atoms with Crippen LogP contribution in [-0.4, -0.2) is 21.7 Å². The average Bonchev–Trinajstić information content (AvgIpc) is 3.33. The second kappa shape index (κ2) is 7.64. The van der Waals surface area contributed by atoms with Crippen molar-refractivity contribution in [3.8, 4) is 22.9 Å². The third-order valence-electron chi connectivity index (χ3n) is 4.21. The number of thiophene rings is 1. The molecule has 4 rings (SSSR count).